The van der Waals surface area contributed by atoms with Crippen LogP contribution in [0.2, 0.25) is 5.02 Å². The summed E-state index contributed by atoms with van der Waals surface area (Å²) in [7, 11) is 0. The Morgan fingerprint density at radius 2 is 2.18 bits per heavy atom. The minimum Gasteiger partial charge on any atom is -0.390 e. The highest BCUT2D eigenvalue weighted by Gasteiger charge is 2.20. The van der Waals surface area contributed by atoms with Crippen LogP contribution in [0.25, 0.3) is 10.4 Å². The van der Waals surface area contributed by atoms with Gasteiger partial charge in [0.05, 0.1) is 6.10 Å². The van der Waals surface area contributed by atoms with Crippen LogP contribution >= 0.6 is 11.6 Å². The van der Waals surface area contributed by atoms with E-state index in [1.807, 2.05) is 0 Å². The summed E-state index contributed by atoms with van der Waals surface area (Å²) in [4.78, 5) is 2.58. The lowest BCUT2D eigenvalue weighted by atomic mass is 9.98. The highest BCUT2D eigenvalue weighted by molar-refractivity contribution is 6.31. The van der Waals surface area contributed by atoms with Gasteiger partial charge in [0, 0.05) is 16.5 Å². The topological polar surface area (TPSA) is 89.2 Å². The van der Waals surface area contributed by atoms with Gasteiger partial charge in [-0.1, -0.05) is 28.8 Å². The Hall–Kier alpha value is -1.26. The highest BCUT2D eigenvalue weighted by Crippen LogP contribution is 2.27. The van der Waals surface area contributed by atoms with Crippen molar-refractivity contribution in [1.82, 2.24) is 0 Å². The second-order valence-corrected chi connectivity index (χ2v) is 4.12. The molecule has 0 heterocycles. The number of hydrogen-bond acceptors (Lipinski definition) is 3. The van der Waals surface area contributed by atoms with Gasteiger partial charge in [-0.25, -0.2) is 0 Å². The zero-order chi connectivity index (χ0) is 12.8. The van der Waals surface area contributed by atoms with Gasteiger partial charge in [-0.3, -0.25) is 0 Å². The maximum atomic E-state index is 9.95. The molecule has 0 saturated heterocycles. The average Bonchev–Trinajstić information content (AvgIpc) is 2.32. The van der Waals surface area contributed by atoms with Crippen LogP contribution in [0.15, 0.2) is 23.3 Å². The number of hydrogen-bond donors (Lipinski definition) is 2. The van der Waals surface area contributed by atoms with Crippen LogP contribution in [0, 0.1) is 6.92 Å². The molecule has 0 amide bonds. The second kappa shape index (κ2) is 6.47. The smallest absolute Gasteiger partial charge is 0.105 e. The van der Waals surface area contributed by atoms with Crippen LogP contribution in [0.1, 0.15) is 23.7 Å². The first-order chi connectivity index (χ1) is 8.07. The maximum Gasteiger partial charge on any atom is 0.105 e. The predicted molar refractivity (Wildman–Crippen MR) is 65.8 cm³/mol. The summed E-state index contributed by atoms with van der Waals surface area (Å²) in [5, 5.41) is 23.5. The number of aliphatic hydroxyl groups excluding tert-OH is 2. The summed E-state index contributed by atoms with van der Waals surface area (Å²) in [6, 6.07) is 5.15. The Kier molecular flexibility index (Phi) is 5.25. The van der Waals surface area contributed by atoms with Gasteiger partial charge in [0.1, 0.15) is 6.10 Å². The Morgan fingerprint density at radius 1 is 1.47 bits per heavy atom. The number of benzene rings is 1. The molecule has 1 aromatic rings. The van der Waals surface area contributed by atoms with E-state index in [1.54, 1.807) is 25.1 Å². The molecule has 0 bridgehead atoms. The summed E-state index contributed by atoms with van der Waals surface area (Å²) in [6.45, 7) is 1.93. The fraction of sp³-hybridized carbons (Fsp3) is 0.455. The molecule has 2 unspecified atom stereocenters. The Labute approximate surface area is 104 Å². The van der Waals surface area contributed by atoms with Crippen LogP contribution in [-0.4, -0.2) is 22.9 Å². The number of azide groups is 1. The van der Waals surface area contributed by atoms with Crippen molar-refractivity contribution >= 4 is 11.6 Å². The van der Waals surface area contributed by atoms with E-state index in [0.717, 1.165) is 5.56 Å². The van der Waals surface area contributed by atoms with Crippen LogP contribution < -0.4 is 0 Å². The van der Waals surface area contributed by atoms with Crippen LogP contribution in [-0.2, 0) is 0 Å². The molecular formula is C11H14ClN3O2. The van der Waals surface area contributed by atoms with Gasteiger partial charge >= 0.3 is 0 Å². The first-order valence-electron chi connectivity index (χ1n) is 5.20. The van der Waals surface area contributed by atoms with Crippen LogP contribution in [0.4, 0.5) is 0 Å². The molecule has 2 atom stereocenters. The van der Waals surface area contributed by atoms with Crippen molar-refractivity contribution in [3.05, 3.63) is 44.8 Å². The molecule has 0 fully saturated rings. The van der Waals surface area contributed by atoms with Crippen molar-refractivity contribution in [3.63, 3.8) is 0 Å². The molecule has 17 heavy (non-hydrogen) atoms. The number of nitrogens with zero attached hydrogens (tertiary/aromatic N) is 3. The summed E-state index contributed by atoms with van der Waals surface area (Å²) < 4.78 is 0. The van der Waals surface area contributed by atoms with Gasteiger partial charge in [0.2, 0.25) is 0 Å². The average molecular weight is 256 g/mol. The van der Waals surface area contributed by atoms with Gasteiger partial charge < -0.3 is 10.2 Å². The molecular weight excluding hydrogens is 242 g/mol. The fourth-order valence-corrected chi connectivity index (χ4v) is 1.73. The molecule has 2 N–H and O–H groups in total. The van der Waals surface area contributed by atoms with Gasteiger partial charge in [-0.05, 0) is 36.1 Å². The first-order valence-corrected chi connectivity index (χ1v) is 5.57. The van der Waals surface area contributed by atoms with E-state index in [2.05, 4.69) is 10.0 Å². The van der Waals surface area contributed by atoms with Gasteiger partial charge in [0.15, 0.2) is 0 Å². The monoisotopic (exact) mass is 255 g/mol. The molecule has 0 spiro atoms. The van der Waals surface area contributed by atoms with Crippen molar-refractivity contribution in [1.29, 1.82) is 0 Å². The molecule has 0 aromatic heterocycles. The molecule has 0 radical (unpaired) electrons. The summed E-state index contributed by atoms with van der Waals surface area (Å²) in [5.74, 6) is 0. The third-order valence-corrected chi connectivity index (χ3v) is 2.99. The van der Waals surface area contributed by atoms with E-state index in [9.17, 15) is 10.2 Å². The second-order valence-electron chi connectivity index (χ2n) is 3.71. The van der Waals surface area contributed by atoms with Crippen molar-refractivity contribution in [2.45, 2.75) is 25.6 Å². The van der Waals surface area contributed by atoms with E-state index in [0.29, 0.717) is 10.6 Å². The predicted octanol–water partition coefficient (Wildman–Crippen LogP) is 2.74. The van der Waals surface area contributed by atoms with E-state index < -0.39 is 12.2 Å². The molecule has 1 aromatic carbocycles. The lowest BCUT2D eigenvalue weighted by Gasteiger charge is -2.19. The maximum absolute atomic E-state index is 9.95. The molecule has 0 aliphatic heterocycles. The first kappa shape index (κ1) is 13.8. The van der Waals surface area contributed by atoms with Gasteiger partial charge in [-0.2, -0.15) is 0 Å². The molecule has 6 heteroatoms. The van der Waals surface area contributed by atoms with Gasteiger partial charge in [-0.15, -0.1) is 0 Å². The third-order valence-electron chi connectivity index (χ3n) is 2.58. The van der Waals surface area contributed by atoms with Crippen LogP contribution in [0.5, 0.6) is 0 Å². The molecule has 0 saturated carbocycles. The molecule has 5 nitrogen and oxygen atoms in total. The van der Waals surface area contributed by atoms with Crippen LogP contribution in [0.3, 0.4) is 0 Å². The SMILES string of the molecule is Cc1c(Cl)cccc1C(O)C(O)CCN=[N+]=[N-]. The third kappa shape index (κ3) is 3.61. The fourth-order valence-electron chi connectivity index (χ4n) is 1.54. The number of rotatable bonds is 5. The normalized spacial score (nSPS) is 13.9. The minimum atomic E-state index is -1.03. The number of halogens is 1. The summed E-state index contributed by atoms with van der Waals surface area (Å²) in [6.07, 6.45) is -1.79. The standard InChI is InChI=1S/C11H14ClN3O2/c1-7-8(3-2-4-9(7)12)11(17)10(16)5-6-14-15-13/h2-4,10-11,16-17H,5-6H2,1H3. The van der Waals surface area contributed by atoms with Gasteiger partial charge in [0.25, 0.3) is 0 Å². The minimum absolute atomic E-state index is 0.147. The Bertz CT molecular complexity index is 433. The molecule has 1 rings (SSSR count). The van der Waals surface area contributed by atoms with Crippen molar-refractivity contribution < 1.29 is 10.2 Å². The zero-order valence-corrected chi connectivity index (χ0v) is 10.2. The van der Waals surface area contributed by atoms with E-state index in [4.69, 9.17) is 17.1 Å². The van der Waals surface area contributed by atoms with E-state index in [-0.39, 0.29) is 13.0 Å². The van der Waals surface area contributed by atoms with Crippen molar-refractivity contribution in [3.8, 4) is 0 Å². The summed E-state index contributed by atoms with van der Waals surface area (Å²) >= 11 is 5.93. The van der Waals surface area contributed by atoms with Crippen molar-refractivity contribution in [2.24, 2.45) is 5.11 Å². The summed E-state index contributed by atoms with van der Waals surface area (Å²) in [5.41, 5.74) is 9.44. The Balaban J connectivity index is 2.77. The van der Waals surface area contributed by atoms with E-state index >= 15 is 0 Å². The zero-order valence-electron chi connectivity index (χ0n) is 9.41. The molecule has 0 aliphatic carbocycles. The lowest BCUT2D eigenvalue weighted by molar-refractivity contribution is 0.0147. The lowest BCUT2D eigenvalue weighted by Crippen LogP contribution is -2.20. The van der Waals surface area contributed by atoms with Crippen molar-refractivity contribution in [2.75, 3.05) is 6.54 Å². The van der Waals surface area contributed by atoms with E-state index in [1.165, 1.54) is 0 Å². The Morgan fingerprint density at radius 3 is 2.82 bits per heavy atom. The molecule has 92 valence electrons. The molecule has 0 aliphatic rings. The number of aliphatic hydroxyl groups is 2. The highest BCUT2D eigenvalue weighted by atomic mass is 35.5. The largest absolute Gasteiger partial charge is 0.390 e. The quantitative estimate of drug-likeness (QED) is 0.481.